The number of ether oxygens (including phenoxy) is 1. The lowest BCUT2D eigenvalue weighted by Crippen LogP contribution is -2.20. The van der Waals surface area contributed by atoms with Crippen LogP contribution < -0.4 is 5.32 Å². The normalized spacial score (nSPS) is 10.4. The fourth-order valence-corrected chi connectivity index (χ4v) is 1.96. The van der Waals surface area contributed by atoms with Crippen LogP contribution in [0, 0.1) is 0 Å². The number of carbonyl (C=O) groups is 1. The van der Waals surface area contributed by atoms with Crippen molar-refractivity contribution in [3.63, 3.8) is 0 Å². The van der Waals surface area contributed by atoms with Gasteiger partial charge in [-0.25, -0.2) is 4.79 Å². The van der Waals surface area contributed by atoms with Gasteiger partial charge in [-0.15, -0.1) is 0 Å². The average Bonchev–Trinajstić information content (AvgIpc) is 2.34. The molecule has 19 heavy (non-hydrogen) atoms. The number of nitrogens with one attached hydrogen (secondary N) is 1. The standard InChI is InChI=1S/C14H18BrNO3/c1-10(2)9-19-6-5-16-8-12-4-3-11(14(17)18)7-13(12)15/h3-4,7,16H,1,5-6,8-9H2,2H3,(H,17,18). The quantitative estimate of drug-likeness (QED) is 0.569. The molecule has 0 saturated heterocycles. The van der Waals surface area contributed by atoms with Gasteiger partial charge in [0.15, 0.2) is 0 Å². The second-order valence-electron chi connectivity index (χ2n) is 4.30. The highest BCUT2D eigenvalue weighted by Gasteiger charge is 2.06. The molecule has 4 nitrogen and oxygen atoms in total. The Hall–Kier alpha value is -1.17. The van der Waals surface area contributed by atoms with Gasteiger partial charge in [-0.2, -0.15) is 0 Å². The second kappa shape index (κ2) is 8.09. The van der Waals surface area contributed by atoms with Crippen molar-refractivity contribution in [3.05, 3.63) is 46.0 Å². The summed E-state index contributed by atoms with van der Waals surface area (Å²) in [5, 5.41) is 12.1. The first-order valence-electron chi connectivity index (χ1n) is 5.95. The van der Waals surface area contributed by atoms with Crippen LogP contribution in [0.2, 0.25) is 0 Å². The van der Waals surface area contributed by atoms with E-state index in [2.05, 4.69) is 27.8 Å². The summed E-state index contributed by atoms with van der Waals surface area (Å²) in [6.07, 6.45) is 0. The van der Waals surface area contributed by atoms with E-state index in [0.29, 0.717) is 19.8 Å². The summed E-state index contributed by atoms with van der Waals surface area (Å²) in [5.74, 6) is -0.923. The van der Waals surface area contributed by atoms with Crippen LogP contribution in [0.15, 0.2) is 34.8 Å². The Morgan fingerprint density at radius 1 is 1.53 bits per heavy atom. The Morgan fingerprint density at radius 2 is 2.26 bits per heavy atom. The number of hydrogen-bond acceptors (Lipinski definition) is 3. The largest absolute Gasteiger partial charge is 0.478 e. The summed E-state index contributed by atoms with van der Waals surface area (Å²) in [6, 6.07) is 5.01. The van der Waals surface area contributed by atoms with Gasteiger partial charge in [0.1, 0.15) is 0 Å². The lowest BCUT2D eigenvalue weighted by molar-refractivity contribution is 0.0697. The fourth-order valence-electron chi connectivity index (χ4n) is 1.44. The van der Waals surface area contributed by atoms with Gasteiger partial charge < -0.3 is 15.2 Å². The molecule has 0 amide bonds. The number of rotatable bonds is 8. The van der Waals surface area contributed by atoms with Crippen LogP contribution in [0.5, 0.6) is 0 Å². The third-order valence-electron chi connectivity index (χ3n) is 2.39. The molecule has 0 fully saturated rings. The third kappa shape index (κ3) is 6.00. The molecule has 1 rings (SSSR count). The minimum atomic E-state index is -0.923. The number of hydrogen-bond donors (Lipinski definition) is 2. The molecular weight excluding hydrogens is 310 g/mol. The van der Waals surface area contributed by atoms with Gasteiger partial charge in [0, 0.05) is 17.6 Å². The zero-order valence-electron chi connectivity index (χ0n) is 10.9. The van der Waals surface area contributed by atoms with E-state index in [1.807, 2.05) is 6.92 Å². The molecule has 5 heteroatoms. The molecule has 0 saturated carbocycles. The van der Waals surface area contributed by atoms with E-state index in [-0.39, 0.29) is 5.56 Å². The smallest absolute Gasteiger partial charge is 0.335 e. The van der Waals surface area contributed by atoms with E-state index >= 15 is 0 Å². The molecule has 0 atom stereocenters. The van der Waals surface area contributed by atoms with E-state index in [9.17, 15) is 4.79 Å². The summed E-state index contributed by atoms with van der Waals surface area (Å²) < 4.78 is 6.16. The molecule has 0 aliphatic rings. The minimum Gasteiger partial charge on any atom is -0.478 e. The topological polar surface area (TPSA) is 58.6 Å². The highest BCUT2D eigenvalue weighted by Crippen LogP contribution is 2.18. The van der Waals surface area contributed by atoms with E-state index < -0.39 is 5.97 Å². The van der Waals surface area contributed by atoms with Crippen molar-refractivity contribution in [1.29, 1.82) is 0 Å². The first-order valence-corrected chi connectivity index (χ1v) is 6.74. The summed E-state index contributed by atoms with van der Waals surface area (Å²) >= 11 is 3.37. The van der Waals surface area contributed by atoms with Gasteiger partial charge in [-0.05, 0) is 24.6 Å². The molecule has 0 spiro atoms. The summed E-state index contributed by atoms with van der Waals surface area (Å²) in [6.45, 7) is 8.28. The molecule has 0 radical (unpaired) electrons. The molecule has 2 N–H and O–H groups in total. The maximum Gasteiger partial charge on any atom is 0.335 e. The Kier molecular flexibility index (Phi) is 6.77. The first kappa shape index (κ1) is 15.9. The third-order valence-corrected chi connectivity index (χ3v) is 3.13. The highest BCUT2D eigenvalue weighted by molar-refractivity contribution is 9.10. The van der Waals surface area contributed by atoms with E-state index in [0.717, 1.165) is 22.2 Å². The van der Waals surface area contributed by atoms with Crippen LogP contribution in [-0.4, -0.2) is 30.8 Å². The van der Waals surface area contributed by atoms with Gasteiger partial charge in [-0.1, -0.05) is 34.1 Å². The predicted octanol–water partition coefficient (Wildman–Crippen LogP) is 2.83. The molecule has 1 aromatic rings. The molecule has 0 heterocycles. The van der Waals surface area contributed by atoms with Crippen molar-refractivity contribution in [1.82, 2.24) is 5.32 Å². The van der Waals surface area contributed by atoms with Crippen LogP contribution in [0.3, 0.4) is 0 Å². The Labute approximate surface area is 121 Å². The molecule has 0 aliphatic carbocycles. The molecule has 0 aliphatic heterocycles. The summed E-state index contributed by atoms with van der Waals surface area (Å²) in [4.78, 5) is 10.8. The molecule has 104 valence electrons. The molecule has 0 bridgehead atoms. The van der Waals surface area contributed by atoms with Crippen molar-refractivity contribution in [3.8, 4) is 0 Å². The Balaban J connectivity index is 2.33. The maximum atomic E-state index is 10.8. The molecular formula is C14H18BrNO3. The lowest BCUT2D eigenvalue weighted by Gasteiger charge is -2.08. The van der Waals surface area contributed by atoms with Gasteiger partial charge >= 0.3 is 5.97 Å². The van der Waals surface area contributed by atoms with E-state index in [1.54, 1.807) is 18.2 Å². The van der Waals surface area contributed by atoms with Crippen LogP contribution >= 0.6 is 15.9 Å². The maximum absolute atomic E-state index is 10.8. The van der Waals surface area contributed by atoms with Crippen LogP contribution in [-0.2, 0) is 11.3 Å². The summed E-state index contributed by atoms with van der Waals surface area (Å²) in [5.41, 5.74) is 2.30. The molecule has 0 aromatic heterocycles. The Morgan fingerprint density at radius 3 is 2.84 bits per heavy atom. The van der Waals surface area contributed by atoms with Crippen molar-refractivity contribution >= 4 is 21.9 Å². The van der Waals surface area contributed by atoms with Gasteiger partial charge in [-0.3, -0.25) is 0 Å². The molecule has 1 aromatic carbocycles. The van der Waals surface area contributed by atoms with Gasteiger partial charge in [0.25, 0.3) is 0 Å². The van der Waals surface area contributed by atoms with Crippen molar-refractivity contribution in [2.75, 3.05) is 19.8 Å². The van der Waals surface area contributed by atoms with E-state index in [1.165, 1.54) is 0 Å². The number of aromatic carboxylic acids is 1. The minimum absolute atomic E-state index is 0.278. The fraction of sp³-hybridized carbons (Fsp3) is 0.357. The van der Waals surface area contributed by atoms with Crippen molar-refractivity contribution < 1.29 is 14.6 Å². The summed E-state index contributed by atoms with van der Waals surface area (Å²) in [7, 11) is 0. The van der Waals surface area contributed by atoms with Gasteiger partial charge in [0.2, 0.25) is 0 Å². The second-order valence-corrected chi connectivity index (χ2v) is 5.15. The number of benzene rings is 1. The molecule has 0 unspecified atom stereocenters. The van der Waals surface area contributed by atoms with Crippen molar-refractivity contribution in [2.45, 2.75) is 13.5 Å². The predicted molar refractivity (Wildman–Crippen MR) is 78.4 cm³/mol. The van der Waals surface area contributed by atoms with Crippen LogP contribution in [0.4, 0.5) is 0 Å². The van der Waals surface area contributed by atoms with Crippen LogP contribution in [0.1, 0.15) is 22.8 Å². The van der Waals surface area contributed by atoms with Crippen LogP contribution in [0.25, 0.3) is 0 Å². The monoisotopic (exact) mass is 327 g/mol. The zero-order chi connectivity index (χ0) is 14.3. The first-order chi connectivity index (χ1) is 9.00. The number of carboxylic acid groups (broad SMARTS) is 1. The number of halogens is 1. The average molecular weight is 328 g/mol. The number of carboxylic acids is 1. The zero-order valence-corrected chi connectivity index (χ0v) is 12.5. The van der Waals surface area contributed by atoms with Crippen molar-refractivity contribution in [2.24, 2.45) is 0 Å². The highest BCUT2D eigenvalue weighted by atomic mass is 79.9. The van der Waals surface area contributed by atoms with Gasteiger partial charge in [0.05, 0.1) is 18.8 Å². The SMILES string of the molecule is C=C(C)COCCNCc1ccc(C(=O)O)cc1Br. The Bertz CT molecular complexity index is 460. The van der Waals surface area contributed by atoms with E-state index in [4.69, 9.17) is 9.84 Å². The lowest BCUT2D eigenvalue weighted by atomic mass is 10.1.